The van der Waals surface area contributed by atoms with Crippen LogP contribution < -0.4 is 14.2 Å². The second kappa shape index (κ2) is 10.1. The van der Waals surface area contributed by atoms with Gasteiger partial charge in [0.1, 0.15) is 5.75 Å². The summed E-state index contributed by atoms with van der Waals surface area (Å²) in [4.78, 5) is 14.9. The first-order valence-corrected chi connectivity index (χ1v) is 11.4. The molecule has 0 unspecified atom stereocenters. The zero-order valence-corrected chi connectivity index (χ0v) is 20.5. The molecule has 4 rings (SSSR count). The molecule has 3 aromatic carbocycles. The summed E-state index contributed by atoms with van der Waals surface area (Å²) < 4.78 is 96.8. The molecule has 38 heavy (non-hydrogen) atoms. The largest absolute Gasteiger partial charge is 0.497 e. The molecule has 1 amide bonds. The maximum atomic E-state index is 13.7. The molecule has 0 radical (unpaired) electrons. The maximum absolute atomic E-state index is 13.7. The Labute approximate surface area is 214 Å². The minimum atomic E-state index is -5.08. The van der Waals surface area contributed by atoms with Crippen LogP contribution in [0.2, 0.25) is 0 Å². The van der Waals surface area contributed by atoms with Gasteiger partial charge in [-0.15, -0.1) is 0 Å². The second-order valence-corrected chi connectivity index (χ2v) is 8.62. The first-order valence-electron chi connectivity index (χ1n) is 11.4. The van der Waals surface area contributed by atoms with Gasteiger partial charge in [0.25, 0.3) is 5.91 Å². The Bertz CT molecular complexity index is 1300. The van der Waals surface area contributed by atoms with Crippen LogP contribution in [0, 0.1) is 0 Å². The number of carbonyl (C=O) groups is 1. The summed E-state index contributed by atoms with van der Waals surface area (Å²) in [6, 6.07) is 10.2. The molecule has 3 aromatic rings. The van der Waals surface area contributed by atoms with Gasteiger partial charge >= 0.3 is 12.4 Å². The van der Waals surface area contributed by atoms with Gasteiger partial charge in [-0.2, -0.15) is 26.3 Å². The third kappa shape index (κ3) is 5.23. The number of alkyl halides is 6. The number of fused-ring (bicyclic) bond motifs is 1. The van der Waals surface area contributed by atoms with Gasteiger partial charge in [0.15, 0.2) is 11.5 Å². The number of hydrogen-bond acceptors (Lipinski definition) is 4. The number of ether oxygens (including phenoxy) is 3. The lowest BCUT2D eigenvalue weighted by atomic mass is 9.87. The molecule has 5 nitrogen and oxygen atoms in total. The summed E-state index contributed by atoms with van der Waals surface area (Å²) in [5.74, 6) is 0.371. The summed E-state index contributed by atoms with van der Waals surface area (Å²) in [7, 11) is 4.37. The molecule has 0 bridgehead atoms. The molecule has 1 aliphatic heterocycles. The predicted molar refractivity (Wildman–Crippen MR) is 126 cm³/mol. The highest BCUT2D eigenvalue weighted by atomic mass is 19.4. The zero-order valence-electron chi connectivity index (χ0n) is 20.5. The van der Waals surface area contributed by atoms with E-state index in [1.54, 1.807) is 36.4 Å². The van der Waals surface area contributed by atoms with Crippen molar-refractivity contribution in [2.24, 2.45) is 0 Å². The molecule has 11 heteroatoms. The number of benzene rings is 3. The number of amides is 1. The van der Waals surface area contributed by atoms with E-state index in [4.69, 9.17) is 14.2 Å². The van der Waals surface area contributed by atoms with E-state index in [1.165, 1.54) is 26.2 Å². The van der Waals surface area contributed by atoms with Crippen LogP contribution in [0.5, 0.6) is 17.2 Å². The van der Waals surface area contributed by atoms with Crippen LogP contribution in [0.4, 0.5) is 26.3 Å². The molecule has 0 aliphatic carbocycles. The Balaban J connectivity index is 1.88. The van der Waals surface area contributed by atoms with Crippen molar-refractivity contribution in [2.75, 3.05) is 27.9 Å². The van der Waals surface area contributed by atoms with Crippen LogP contribution in [0.1, 0.15) is 44.2 Å². The van der Waals surface area contributed by atoms with Gasteiger partial charge in [0, 0.05) is 12.1 Å². The van der Waals surface area contributed by atoms with E-state index in [0.29, 0.717) is 46.9 Å². The molecule has 0 saturated heterocycles. The number of hydrogen-bond donors (Lipinski definition) is 0. The molecular formula is C27H23F6NO4. The lowest BCUT2D eigenvalue weighted by Crippen LogP contribution is -2.41. The van der Waals surface area contributed by atoms with Gasteiger partial charge in [0.05, 0.1) is 38.5 Å². The van der Waals surface area contributed by atoms with E-state index in [1.807, 2.05) is 0 Å². The highest BCUT2D eigenvalue weighted by Gasteiger charge is 2.39. The zero-order chi connectivity index (χ0) is 27.8. The monoisotopic (exact) mass is 539 g/mol. The summed E-state index contributed by atoms with van der Waals surface area (Å²) in [5, 5.41) is 0. The van der Waals surface area contributed by atoms with Crippen molar-refractivity contribution in [2.45, 2.75) is 24.8 Å². The fraction of sp³-hybridized carbons (Fsp3) is 0.296. The number of carbonyl (C=O) groups excluding carboxylic acids is 1. The van der Waals surface area contributed by atoms with E-state index < -0.39 is 41.0 Å². The summed E-state index contributed by atoms with van der Waals surface area (Å²) >= 11 is 0. The number of halogens is 6. The highest BCUT2D eigenvalue weighted by molar-refractivity contribution is 5.95. The molecule has 0 spiro atoms. The van der Waals surface area contributed by atoms with Crippen LogP contribution in [-0.2, 0) is 18.8 Å². The molecule has 0 aromatic heterocycles. The summed E-state index contributed by atoms with van der Waals surface area (Å²) in [6.07, 6.45) is -9.87. The Morgan fingerprint density at radius 1 is 0.789 bits per heavy atom. The lowest BCUT2D eigenvalue weighted by Gasteiger charge is -2.38. The molecule has 0 fully saturated rings. The maximum Gasteiger partial charge on any atom is 0.416 e. The SMILES string of the molecule is COc1ccc([C@@H]2c3cc(OC)c(OC)cc3CCN2C(=O)c2cc(C(F)(F)F)cc(C(F)(F)F)c2)cc1. The van der Waals surface area contributed by atoms with Crippen LogP contribution >= 0.6 is 0 Å². The van der Waals surface area contributed by atoms with Crippen LogP contribution in [0.25, 0.3) is 0 Å². The van der Waals surface area contributed by atoms with Crippen molar-refractivity contribution in [1.82, 2.24) is 4.90 Å². The minimum Gasteiger partial charge on any atom is -0.497 e. The molecule has 1 aliphatic rings. The van der Waals surface area contributed by atoms with Crippen molar-refractivity contribution in [3.63, 3.8) is 0 Å². The minimum absolute atomic E-state index is 0.000378. The standard InChI is InChI=1S/C27H23F6NO4/c1-36-20-6-4-15(5-7-20)24-21-14-23(38-3)22(37-2)12-16(21)8-9-34(24)25(35)17-10-18(26(28,29)30)13-19(11-17)27(31,32)33/h4-7,10-14,24H,8-9H2,1-3H3/t24-/m1/s1. The first-order chi connectivity index (χ1) is 17.9. The average molecular weight is 539 g/mol. The predicted octanol–water partition coefficient (Wildman–Crippen LogP) is 6.54. The van der Waals surface area contributed by atoms with Gasteiger partial charge in [-0.3, -0.25) is 4.79 Å². The average Bonchev–Trinajstić information content (AvgIpc) is 2.90. The summed E-state index contributed by atoms with van der Waals surface area (Å²) in [5.41, 5.74) is -1.84. The number of nitrogens with zero attached hydrogens (tertiary/aromatic N) is 1. The van der Waals surface area contributed by atoms with E-state index >= 15 is 0 Å². The van der Waals surface area contributed by atoms with Crippen molar-refractivity contribution in [1.29, 1.82) is 0 Å². The molecule has 202 valence electrons. The third-order valence-electron chi connectivity index (χ3n) is 6.40. The van der Waals surface area contributed by atoms with E-state index in [9.17, 15) is 31.1 Å². The van der Waals surface area contributed by atoms with E-state index in [0.717, 1.165) is 5.56 Å². The van der Waals surface area contributed by atoms with Crippen molar-refractivity contribution in [3.05, 3.63) is 88.0 Å². The summed E-state index contributed by atoms with van der Waals surface area (Å²) in [6.45, 7) is 0.0373. The van der Waals surface area contributed by atoms with Gasteiger partial charge < -0.3 is 19.1 Å². The van der Waals surface area contributed by atoms with Gasteiger partial charge in [-0.05, 0) is 65.6 Å². The van der Waals surface area contributed by atoms with Crippen LogP contribution in [-0.4, -0.2) is 38.7 Å². The number of rotatable bonds is 5. The van der Waals surface area contributed by atoms with Crippen molar-refractivity contribution in [3.8, 4) is 17.2 Å². The Hall–Kier alpha value is -3.89. The van der Waals surface area contributed by atoms with Crippen LogP contribution in [0.15, 0.2) is 54.6 Å². The fourth-order valence-corrected chi connectivity index (χ4v) is 4.55. The number of methoxy groups -OCH3 is 3. The topological polar surface area (TPSA) is 48.0 Å². The Kier molecular flexibility index (Phi) is 7.22. The molecular weight excluding hydrogens is 516 g/mol. The van der Waals surface area contributed by atoms with E-state index in [-0.39, 0.29) is 12.6 Å². The quantitative estimate of drug-likeness (QED) is 0.346. The molecule has 0 saturated carbocycles. The normalized spacial score (nSPS) is 15.6. The van der Waals surface area contributed by atoms with Crippen LogP contribution in [0.3, 0.4) is 0 Å². The Morgan fingerprint density at radius 2 is 1.34 bits per heavy atom. The highest BCUT2D eigenvalue weighted by Crippen LogP contribution is 2.43. The third-order valence-corrected chi connectivity index (χ3v) is 6.40. The fourth-order valence-electron chi connectivity index (χ4n) is 4.55. The van der Waals surface area contributed by atoms with Gasteiger partial charge in [0.2, 0.25) is 0 Å². The van der Waals surface area contributed by atoms with Crippen molar-refractivity contribution < 1.29 is 45.3 Å². The Morgan fingerprint density at radius 3 is 1.84 bits per heavy atom. The van der Waals surface area contributed by atoms with E-state index in [2.05, 4.69) is 0 Å². The molecule has 0 N–H and O–H groups in total. The van der Waals surface area contributed by atoms with Gasteiger partial charge in [-0.1, -0.05) is 12.1 Å². The lowest BCUT2D eigenvalue weighted by molar-refractivity contribution is -0.143. The molecule has 1 heterocycles. The first kappa shape index (κ1) is 27.2. The molecule has 1 atom stereocenters. The second-order valence-electron chi connectivity index (χ2n) is 8.62. The van der Waals surface area contributed by atoms with Gasteiger partial charge in [-0.25, -0.2) is 0 Å². The van der Waals surface area contributed by atoms with Crippen molar-refractivity contribution >= 4 is 5.91 Å². The smallest absolute Gasteiger partial charge is 0.416 e.